The summed E-state index contributed by atoms with van der Waals surface area (Å²) in [6, 6.07) is 94.7. The van der Waals surface area contributed by atoms with Crippen molar-refractivity contribution in [1.29, 1.82) is 0 Å². The molecular formula is C86H103F2N2O17S6+. The lowest BCUT2D eigenvalue weighted by Gasteiger charge is -2.20. The lowest BCUT2D eigenvalue weighted by molar-refractivity contribution is -0.158. The molecule has 9 rings (SSSR count). The number of amides is 1. The van der Waals surface area contributed by atoms with Gasteiger partial charge in [-0.1, -0.05) is 184 Å². The summed E-state index contributed by atoms with van der Waals surface area (Å²) in [6.45, 7) is 16.6. The predicted molar refractivity (Wildman–Crippen MR) is 442 cm³/mol. The Labute approximate surface area is 675 Å². The average molecular weight is 1670 g/mol. The van der Waals surface area contributed by atoms with Gasteiger partial charge in [0.2, 0.25) is 0 Å². The molecule has 0 aliphatic heterocycles. The van der Waals surface area contributed by atoms with Gasteiger partial charge in [0.05, 0.1) is 91.4 Å². The van der Waals surface area contributed by atoms with Crippen LogP contribution in [0.15, 0.2) is 311 Å². The van der Waals surface area contributed by atoms with Gasteiger partial charge in [0.25, 0.3) is 5.92 Å². The first-order chi connectivity index (χ1) is 53.3. The van der Waals surface area contributed by atoms with E-state index in [1.807, 2.05) is 20.8 Å². The zero-order valence-corrected chi connectivity index (χ0v) is 70.7. The number of alkyl carbamates (subject to hydrolysis) is 1. The summed E-state index contributed by atoms with van der Waals surface area (Å²) in [6.07, 6.45) is 1.41. The second-order valence-electron chi connectivity index (χ2n) is 26.9. The zero-order valence-electron chi connectivity index (χ0n) is 65.8. The highest BCUT2D eigenvalue weighted by molar-refractivity contribution is 8.12. The fraction of sp³-hybridized carbons (Fsp3) is 0.314. The van der Waals surface area contributed by atoms with Crippen molar-refractivity contribution in [3.05, 3.63) is 277 Å². The van der Waals surface area contributed by atoms with E-state index >= 15 is 0 Å². The Morgan fingerprint density at radius 3 is 0.903 bits per heavy atom. The van der Waals surface area contributed by atoms with Crippen molar-refractivity contribution in [2.45, 2.75) is 145 Å². The van der Waals surface area contributed by atoms with E-state index in [4.69, 9.17) is 9.47 Å². The summed E-state index contributed by atoms with van der Waals surface area (Å²) in [7, 11) is -12.9. The van der Waals surface area contributed by atoms with Crippen molar-refractivity contribution in [2.24, 2.45) is 16.2 Å². The minimum Gasteiger partial charge on any atom is -0.748 e. The number of carbonyl (C=O) groups is 5. The van der Waals surface area contributed by atoms with Crippen molar-refractivity contribution in [1.82, 2.24) is 5.32 Å². The second kappa shape index (κ2) is 48.1. The lowest BCUT2D eigenvalue weighted by Crippen LogP contribution is -2.33. The van der Waals surface area contributed by atoms with Crippen molar-refractivity contribution in [2.75, 3.05) is 57.3 Å². The lowest BCUT2D eigenvalue weighted by atomic mass is 9.91. The van der Waals surface area contributed by atoms with Gasteiger partial charge in [0.15, 0.2) is 50.7 Å². The first-order valence-electron chi connectivity index (χ1n) is 36.1. The molecule has 0 aliphatic carbocycles. The molecule has 19 nitrogen and oxygen atoms in total. The molecule has 0 aliphatic rings. The Kier molecular flexibility index (Phi) is 41.0. The molecule has 113 heavy (non-hydrogen) atoms. The van der Waals surface area contributed by atoms with Crippen molar-refractivity contribution in [3.63, 3.8) is 0 Å². The standard InChI is InChI=1S/C19H17S.2C18H15S.C12H21F2NO4.C11H20NO8S2.C8H16O5S/c1-16-12-14-19(15-13-16)20(17-8-4-2-5-9-17)18-10-6-3-7-11-18;2*1-4-10-16(11-5-1)19(17-12-6-2-7-13-17)18-14-8-3-9-15-18;1-5-11(2,3)9(16)18-7-6-15-10(17)19-8-12(4,13)14;1-5-11(2,3)10(14)20-7-6-19-9(13)8-22(17,18)12-21(4,15)16;1-4-8(2,3)7(9)13-5-6-14(10,11)12/h2-15H,1H3;2*1-15H;5-8H2,1-4H3,(H,15,17);5-8H2,1-4H3;4-6H2,1-3H3,(H,10,11,12)/q3*+1;;-1;/p-1. The number of rotatable bonds is 30. The van der Waals surface area contributed by atoms with Crippen LogP contribution in [0.4, 0.5) is 13.6 Å². The van der Waals surface area contributed by atoms with E-state index in [2.05, 4.69) is 297 Å². The summed E-state index contributed by atoms with van der Waals surface area (Å²) in [5.41, 5.74) is -0.572. The maximum absolute atomic E-state index is 12.4. The van der Waals surface area contributed by atoms with Crippen LogP contribution in [0.5, 0.6) is 0 Å². The first kappa shape index (κ1) is 96.2. The smallest absolute Gasteiger partial charge is 0.407 e. The molecule has 0 saturated heterocycles. The fourth-order valence-electron chi connectivity index (χ4n) is 8.86. The number of ether oxygens (including phenoxy) is 5. The molecule has 9 aromatic rings. The van der Waals surface area contributed by atoms with Gasteiger partial charge >= 0.3 is 30.0 Å². The highest BCUT2D eigenvalue weighted by atomic mass is 32.3. The Morgan fingerprint density at radius 1 is 0.389 bits per heavy atom. The van der Waals surface area contributed by atoms with Crippen LogP contribution in [0.1, 0.15) is 94.1 Å². The molecule has 9 aromatic carbocycles. The normalized spacial score (nSPS) is 11.5. The van der Waals surface area contributed by atoms with E-state index < -0.39 is 94.4 Å². The molecule has 0 atom stereocenters. The van der Waals surface area contributed by atoms with Crippen LogP contribution in [-0.4, -0.2) is 123 Å². The highest BCUT2D eigenvalue weighted by Crippen LogP contribution is 2.34. The van der Waals surface area contributed by atoms with Crippen LogP contribution in [-0.2, 0) is 106 Å². The summed E-state index contributed by atoms with van der Waals surface area (Å²) in [5, 5.41) is 2.21. The maximum Gasteiger partial charge on any atom is 0.407 e. The highest BCUT2D eigenvalue weighted by Gasteiger charge is 2.33. The van der Waals surface area contributed by atoms with Gasteiger partial charge in [0.1, 0.15) is 32.2 Å². The van der Waals surface area contributed by atoms with Crippen molar-refractivity contribution < 1.29 is 86.2 Å². The summed E-state index contributed by atoms with van der Waals surface area (Å²) in [4.78, 5) is 68.9. The third-order valence-electron chi connectivity index (χ3n) is 16.2. The monoisotopic (exact) mass is 1670 g/mol. The topological polar surface area (TPSA) is 283 Å². The number of nitrogens with zero attached hydrogens (tertiary/aromatic N) is 1. The molecule has 0 spiro atoms. The number of benzene rings is 9. The van der Waals surface area contributed by atoms with Crippen LogP contribution < -0.4 is 5.32 Å². The van der Waals surface area contributed by atoms with E-state index in [0.29, 0.717) is 32.4 Å². The number of hydrogen-bond acceptors (Lipinski definition) is 17. The largest absolute Gasteiger partial charge is 0.748 e. The fourth-order valence-corrected chi connectivity index (χ4v) is 17.7. The number of halogens is 2. The van der Waals surface area contributed by atoms with E-state index in [-0.39, 0.29) is 71.6 Å². The molecule has 1 amide bonds. The number of nitrogens with one attached hydrogen (secondary N) is 1. The quantitative estimate of drug-likeness (QED) is 0.0144. The summed E-state index contributed by atoms with van der Waals surface area (Å²) in [5.74, 6) is -7.43. The molecule has 27 heteroatoms. The Bertz CT molecular complexity index is 4300. The Morgan fingerprint density at radius 2 is 0.646 bits per heavy atom. The molecule has 1 N–H and O–H groups in total. The van der Waals surface area contributed by atoms with Crippen molar-refractivity contribution in [3.8, 4) is 0 Å². The Balaban J connectivity index is 0.000000287. The van der Waals surface area contributed by atoms with Crippen molar-refractivity contribution >= 4 is 92.8 Å². The average Bonchev–Trinajstić information content (AvgIpc) is 0.838. The van der Waals surface area contributed by atoms with Gasteiger partial charge < -0.3 is 37.7 Å². The predicted octanol–water partition coefficient (Wildman–Crippen LogP) is 17.7. The maximum atomic E-state index is 12.4. The van der Waals surface area contributed by atoms with Gasteiger partial charge in [-0.05, 0) is 177 Å². The van der Waals surface area contributed by atoms with E-state index in [0.717, 1.165) is 0 Å². The molecular weight excluding hydrogens is 1560 g/mol. The summed E-state index contributed by atoms with van der Waals surface area (Å²) < 4.78 is 125. The van der Waals surface area contributed by atoms with Gasteiger partial charge in [0, 0.05) is 13.2 Å². The minimum absolute atomic E-state index is 0.0135. The minimum atomic E-state index is -4.46. The summed E-state index contributed by atoms with van der Waals surface area (Å²) >= 11 is 0. The van der Waals surface area contributed by atoms with Gasteiger partial charge in [-0.2, -0.15) is 0 Å². The number of aryl methyl sites for hydroxylation is 1. The van der Waals surface area contributed by atoms with Gasteiger partial charge in [-0.25, -0.2) is 38.8 Å². The molecule has 0 heterocycles. The molecule has 0 fully saturated rings. The SMILES string of the molecule is CCC(C)(C)C(=O)OCCNC(=O)OCC(C)(F)F.CCC(C)(C)C(=O)OCCOC(=O)CS(=O)(=O)[N-]S(C)(=O)=O.CCC(C)(C)C(=O)OCCS(=O)(=O)[O-].Cc1ccc([S+](c2ccccc2)c2ccccc2)cc1.c1ccc([S+](c2ccccc2)c2ccccc2)cc1.c1ccc([S+](c2ccccc2)c2ccccc2)cc1. The molecule has 608 valence electrons. The van der Waals surface area contributed by atoms with E-state index in [9.17, 15) is 62.6 Å². The first-order valence-corrected chi connectivity index (χ1v) is 44.8. The van der Waals surface area contributed by atoms with Gasteiger partial charge in [-0.3, -0.25) is 19.2 Å². The zero-order chi connectivity index (χ0) is 83.7. The van der Waals surface area contributed by atoms with E-state index in [1.165, 1.54) is 49.6 Å². The van der Waals surface area contributed by atoms with Crippen LogP contribution >= 0.6 is 0 Å². The molecule has 0 saturated carbocycles. The number of esters is 4. The van der Waals surface area contributed by atoms with Crippen LogP contribution in [0.3, 0.4) is 0 Å². The van der Waals surface area contributed by atoms with Crippen LogP contribution in [0.2, 0.25) is 0 Å². The van der Waals surface area contributed by atoms with E-state index in [1.54, 1.807) is 41.5 Å². The number of alkyl halides is 2. The molecule has 0 bridgehead atoms. The number of carbonyl (C=O) groups excluding carboxylic acids is 5. The van der Waals surface area contributed by atoms with Gasteiger partial charge in [-0.15, -0.1) is 0 Å². The van der Waals surface area contributed by atoms with Crippen LogP contribution in [0, 0.1) is 23.2 Å². The third kappa shape index (κ3) is 38.0. The molecule has 0 aromatic heterocycles. The molecule has 0 radical (unpaired) electrons. The van der Waals surface area contributed by atoms with Crippen LogP contribution in [0.25, 0.3) is 4.13 Å². The second-order valence-corrected chi connectivity index (χ2v) is 38.1. The Hall–Kier alpha value is -9.19. The number of sulfonamides is 2. The third-order valence-corrected chi connectivity index (χ3v) is 26.1. The number of hydrogen-bond donors (Lipinski definition) is 1. The molecule has 0 unspecified atom stereocenters.